The maximum Gasteiger partial charge on any atom is 0.433 e. The van der Waals surface area contributed by atoms with Gasteiger partial charge in [-0.25, -0.2) is 4.98 Å². The Morgan fingerprint density at radius 1 is 1.16 bits per heavy atom. The molecule has 0 spiro atoms. The van der Waals surface area contributed by atoms with Gasteiger partial charge < -0.3 is 20.3 Å². The Bertz CT molecular complexity index is 897. The molecule has 3 rings (SSSR count). The molecule has 1 aliphatic rings. The fourth-order valence-corrected chi connectivity index (χ4v) is 3.88. The fraction of sp³-hybridized carbons (Fsp3) is 0.476. The molecule has 2 unspecified atom stereocenters. The van der Waals surface area contributed by atoms with Crippen LogP contribution in [0.5, 0.6) is 5.75 Å². The van der Waals surface area contributed by atoms with Crippen LogP contribution in [0.1, 0.15) is 31.5 Å². The van der Waals surface area contributed by atoms with E-state index in [0.717, 1.165) is 23.8 Å². The molecule has 0 aliphatic carbocycles. The SMILES string of the molecule is COc1ccc(CNC(=S)Nc2nc(N3CC(C)CC(C)C3)cc(C(F)(F)F)n2)cc1. The van der Waals surface area contributed by atoms with Gasteiger partial charge in [-0.15, -0.1) is 0 Å². The highest BCUT2D eigenvalue weighted by molar-refractivity contribution is 7.80. The lowest BCUT2D eigenvalue weighted by Gasteiger charge is -2.36. The molecule has 0 saturated carbocycles. The highest BCUT2D eigenvalue weighted by atomic mass is 32.1. The molecule has 1 saturated heterocycles. The predicted molar refractivity (Wildman–Crippen MR) is 118 cm³/mol. The van der Waals surface area contributed by atoms with Crippen molar-refractivity contribution in [1.82, 2.24) is 15.3 Å². The van der Waals surface area contributed by atoms with Crippen LogP contribution in [0.2, 0.25) is 0 Å². The number of ether oxygens (including phenoxy) is 1. The summed E-state index contributed by atoms with van der Waals surface area (Å²) in [6, 6.07) is 8.37. The second kappa shape index (κ2) is 9.67. The minimum absolute atomic E-state index is 0.140. The summed E-state index contributed by atoms with van der Waals surface area (Å²) in [5.41, 5.74) is -0.0595. The number of piperidine rings is 1. The first kappa shape index (κ1) is 23.1. The number of hydrogen-bond acceptors (Lipinski definition) is 5. The van der Waals surface area contributed by atoms with Crippen LogP contribution in [0.3, 0.4) is 0 Å². The zero-order valence-corrected chi connectivity index (χ0v) is 18.5. The third-order valence-electron chi connectivity index (χ3n) is 5.03. The van der Waals surface area contributed by atoms with Crippen molar-refractivity contribution in [3.05, 3.63) is 41.6 Å². The maximum absolute atomic E-state index is 13.4. The Labute approximate surface area is 185 Å². The van der Waals surface area contributed by atoms with E-state index in [-0.39, 0.29) is 16.9 Å². The number of thiocarbonyl (C=S) groups is 1. The van der Waals surface area contributed by atoms with Crippen LogP contribution >= 0.6 is 12.2 Å². The number of anilines is 2. The standard InChI is InChI=1S/C21H26F3N5OS/c1-13-8-14(2)12-29(11-13)18-9-17(21(22,23)24)26-19(27-18)28-20(31)25-10-15-4-6-16(30-3)7-5-15/h4-7,9,13-14H,8,10-12H2,1-3H3,(H2,25,26,27,28,31). The van der Waals surface area contributed by atoms with Gasteiger partial charge >= 0.3 is 6.18 Å². The first-order chi connectivity index (χ1) is 14.6. The van der Waals surface area contributed by atoms with Crippen molar-refractivity contribution >= 4 is 29.1 Å². The molecule has 2 aromatic rings. The van der Waals surface area contributed by atoms with Gasteiger partial charge in [-0.3, -0.25) is 0 Å². The largest absolute Gasteiger partial charge is 0.497 e. The molecule has 2 N–H and O–H groups in total. The maximum atomic E-state index is 13.4. The van der Waals surface area contributed by atoms with E-state index >= 15 is 0 Å². The molecule has 0 radical (unpaired) electrons. The van der Waals surface area contributed by atoms with Crippen LogP contribution in [-0.4, -0.2) is 35.3 Å². The highest BCUT2D eigenvalue weighted by Gasteiger charge is 2.35. The summed E-state index contributed by atoms with van der Waals surface area (Å²) in [4.78, 5) is 9.84. The molecule has 0 bridgehead atoms. The lowest BCUT2D eigenvalue weighted by Crippen LogP contribution is -2.39. The van der Waals surface area contributed by atoms with Gasteiger partial charge in [-0.05, 0) is 48.2 Å². The number of rotatable bonds is 5. The van der Waals surface area contributed by atoms with Gasteiger partial charge in [0.15, 0.2) is 10.8 Å². The van der Waals surface area contributed by atoms with Crippen LogP contribution in [0.25, 0.3) is 0 Å². The summed E-state index contributed by atoms with van der Waals surface area (Å²) < 4.78 is 45.4. The number of hydrogen-bond donors (Lipinski definition) is 2. The lowest BCUT2D eigenvalue weighted by atomic mass is 9.92. The van der Waals surface area contributed by atoms with Gasteiger partial charge in [0.2, 0.25) is 5.95 Å². The molecule has 6 nitrogen and oxygen atoms in total. The summed E-state index contributed by atoms with van der Waals surface area (Å²) in [5.74, 6) is 1.55. The second-order valence-corrected chi connectivity index (χ2v) is 8.35. The molecule has 1 aromatic heterocycles. The summed E-state index contributed by atoms with van der Waals surface area (Å²) >= 11 is 5.24. The van der Waals surface area contributed by atoms with Gasteiger partial charge in [-0.2, -0.15) is 18.2 Å². The van der Waals surface area contributed by atoms with E-state index in [1.54, 1.807) is 7.11 Å². The average molecular weight is 454 g/mol. The number of methoxy groups -OCH3 is 1. The van der Waals surface area contributed by atoms with E-state index in [4.69, 9.17) is 17.0 Å². The highest BCUT2D eigenvalue weighted by Crippen LogP contribution is 2.32. The van der Waals surface area contributed by atoms with Crippen molar-refractivity contribution in [3.8, 4) is 5.75 Å². The Hall–Kier alpha value is -2.62. The summed E-state index contributed by atoms with van der Waals surface area (Å²) in [5, 5.41) is 5.80. The smallest absolute Gasteiger partial charge is 0.433 e. The molecular formula is C21H26F3N5OS. The molecule has 10 heteroatoms. The number of benzene rings is 1. The van der Waals surface area contributed by atoms with Crippen molar-refractivity contribution in [1.29, 1.82) is 0 Å². The fourth-order valence-electron chi connectivity index (χ4n) is 3.72. The second-order valence-electron chi connectivity index (χ2n) is 7.94. The van der Waals surface area contributed by atoms with Gasteiger partial charge in [0, 0.05) is 25.7 Å². The van der Waals surface area contributed by atoms with E-state index in [1.165, 1.54) is 0 Å². The Morgan fingerprint density at radius 2 is 1.81 bits per heavy atom. The van der Waals surface area contributed by atoms with Crippen molar-refractivity contribution in [2.24, 2.45) is 11.8 Å². The first-order valence-corrected chi connectivity index (χ1v) is 10.4. The van der Waals surface area contributed by atoms with Crippen molar-refractivity contribution in [2.45, 2.75) is 33.0 Å². The lowest BCUT2D eigenvalue weighted by molar-refractivity contribution is -0.141. The topological polar surface area (TPSA) is 62.3 Å². The zero-order valence-electron chi connectivity index (χ0n) is 17.7. The number of alkyl halides is 3. The molecule has 1 aromatic carbocycles. The first-order valence-electron chi connectivity index (χ1n) is 10.0. The van der Waals surface area contributed by atoms with Gasteiger partial charge in [0.1, 0.15) is 11.6 Å². The van der Waals surface area contributed by atoms with E-state index < -0.39 is 11.9 Å². The van der Waals surface area contributed by atoms with Gasteiger partial charge in [0.25, 0.3) is 0 Å². The van der Waals surface area contributed by atoms with Crippen molar-refractivity contribution in [3.63, 3.8) is 0 Å². The predicted octanol–water partition coefficient (Wildman–Crippen LogP) is 4.47. The molecule has 2 atom stereocenters. The molecule has 31 heavy (non-hydrogen) atoms. The van der Waals surface area contributed by atoms with Crippen LogP contribution in [0.15, 0.2) is 30.3 Å². The summed E-state index contributed by atoms with van der Waals surface area (Å²) in [6.45, 7) is 5.87. The molecular weight excluding hydrogens is 427 g/mol. The Kier molecular flexibility index (Phi) is 7.19. The molecule has 2 heterocycles. The number of nitrogens with zero attached hydrogens (tertiary/aromatic N) is 3. The van der Waals surface area contributed by atoms with E-state index in [2.05, 4.69) is 34.4 Å². The minimum atomic E-state index is -4.58. The van der Waals surface area contributed by atoms with Crippen LogP contribution in [-0.2, 0) is 12.7 Å². The van der Waals surface area contributed by atoms with E-state index in [0.29, 0.717) is 31.5 Å². The van der Waals surface area contributed by atoms with E-state index in [1.807, 2.05) is 29.2 Å². The normalized spacial score (nSPS) is 19.1. The third kappa shape index (κ3) is 6.43. The van der Waals surface area contributed by atoms with Crippen LogP contribution in [0, 0.1) is 11.8 Å². The van der Waals surface area contributed by atoms with E-state index in [9.17, 15) is 13.2 Å². The van der Waals surface area contributed by atoms with Crippen molar-refractivity contribution < 1.29 is 17.9 Å². The number of halogens is 3. The Morgan fingerprint density at radius 3 is 2.39 bits per heavy atom. The van der Waals surface area contributed by atoms with Crippen LogP contribution < -0.4 is 20.3 Å². The molecule has 168 valence electrons. The molecule has 0 amide bonds. The molecule has 1 fully saturated rings. The number of nitrogens with one attached hydrogen (secondary N) is 2. The third-order valence-corrected chi connectivity index (χ3v) is 5.28. The van der Waals surface area contributed by atoms with Crippen molar-refractivity contribution in [2.75, 3.05) is 30.4 Å². The number of aromatic nitrogens is 2. The Balaban J connectivity index is 1.73. The summed E-state index contributed by atoms with van der Waals surface area (Å²) in [6.07, 6.45) is -3.54. The minimum Gasteiger partial charge on any atom is -0.497 e. The molecule has 1 aliphatic heterocycles. The van der Waals surface area contributed by atoms with Crippen LogP contribution in [0.4, 0.5) is 24.9 Å². The summed E-state index contributed by atoms with van der Waals surface area (Å²) in [7, 11) is 1.58. The van der Waals surface area contributed by atoms with Gasteiger partial charge in [0.05, 0.1) is 7.11 Å². The zero-order chi connectivity index (χ0) is 22.6. The monoisotopic (exact) mass is 453 g/mol. The quantitative estimate of drug-likeness (QED) is 0.648. The van der Waals surface area contributed by atoms with Gasteiger partial charge in [-0.1, -0.05) is 26.0 Å². The average Bonchev–Trinajstić information content (AvgIpc) is 2.71.